The summed E-state index contributed by atoms with van der Waals surface area (Å²) >= 11 is 8.35. The van der Waals surface area contributed by atoms with E-state index in [4.69, 9.17) is 18.0 Å². The van der Waals surface area contributed by atoms with Crippen molar-refractivity contribution in [1.82, 2.24) is 9.78 Å². The lowest BCUT2D eigenvalue weighted by atomic mass is 10.2. The maximum atomic E-state index is 5.60. The molecule has 0 amide bonds. The molecule has 0 aliphatic heterocycles. The molecule has 82 valence electrons. The van der Waals surface area contributed by atoms with Gasteiger partial charge in [-0.15, -0.1) is 0 Å². The monoisotopic (exact) mass is 295 g/mol. The quantitative estimate of drug-likeness (QED) is 0.866. The minimum Gasteiger partial charge on any atom is -0.389 e. The predicted octanol–water partition coefficient (Wildman–Crippen LogP) is 2.58. The summed E-state index contributed by atoms with van der Waals surface area (Å²) in [6, 6.07) is 7.90. The van der Waals surface area contributed by atoms with E-state index in [0.717, 1.165) is 21.4 Å². The third-order valence-corrected chi connectivity index (χ3v) is 3.10. The molecule has 0 atom stereocenters. The first-order valence-corrected chi connectivity index (χ1v) is 5.90. The molecule has 16 heavy (non-hydrogen) atoms. The number of benzene rings is 1. The Morgan fingerprint density at radius 3 is 2.50 bits per heavy atom. The molecule has 1 heterocycles. The van der Waals surface area contributed by atoms with Crippen LogP contribution in [0.5, 0.6) is 0 Å². The Bertz CT molecular complexity index is 531. The van der Waals surface area contributed by atoms with Crippen molar-refractivity contribution in [3.05, 3.63) is 46.2 Å². The zero-order valence-corrected chi connectivity index (χ0v) is 11.0. The van der Waals surface area contributed by atoms with Crippen molar-refractivity contribution in [2.75, 3.05) is 0 Å². The van der Waals surface area contributed by atoms with E-state index >= 15 is 0 Å². The number of aromatic nitrogens is 2. The van der Waals surface area contributed by atoms with Gasteiger partial charge in [-0.05, 0) is 31.2 Å². The van der Waals surface area contributed by atoms with Gasteiger partial charge in [-0.25, -0.2) is 4.68 Å². The highest BCUT2D eigenvalue weighted by Gasteiger charge is 2.09. The normalized spacial score (nSPS) is 10.4. The molecular formula is C11H10BrN3S. The second-order valence-corrected chi connectivity index (χ2v) is 4.75. The molecule has 3 nitrogen and oxygen atoms in total. The summed E-state index contributed by atoms with van der Waals surface area (Å²) in [7, 11) is 0. The van der Waals surface area contributed by atoms with Gasteiger partial charge in [0, 0.05) is 4.47 Å². The summed E-state index contributed by atoms with van der Waals surface area (Å²) in [4.78, 5) is 0.376. The number of hydrogen-bond donors (Lipinski definition) is 1. The zero-order valence-electron chi connectivity index (χ0n) is 8.64. The lowest BCUT2D eigenvalue weighted by molar-refractivity contribution is 0.846. The summed E-state index contributed by atoms with van der Waals surface area (Å²) in [5, 5.41) is 4.27. The van der Waals surface area contributed by atoms with Crippen LogP contribution in [0.2, 0.25) is 0 Å². The number of thiocarbonyl (C=S) groups is 1. The molecule has 5 heteroatoms. The second kappa shape index (κ2) is 4.35. The van der Waals surface area contributed by atoms with E-state index in [9.17, 15) is 0 Å². The van der Waals surface area contributed by atoms with Gasteiger partial charge >= 0.3 is 0 Å². The number of hydrogen-bond acceptors (Lipinski definition) is 2. The van der Waals surface area contributed by atoms with Crippen LogP contribution in [0.4, 0.5) is 0 Å². The molecule has 1 aromatic carbocycles. The van der Waals surface area contributed by atoms with E-state index in [2.05, 4.69) is 21.0 Å². The molecule has 2 aromatic rings. The smallest absolute Gasteiger partial charge is 0.107 e. The molecule has 2 rings (SSSR count). The molecule has 0 spiro atoms. The van der Waals surface area contributed by atoms with Gasteiger partial charge in [0.2, 0.25) is 0 Å². The average Bonchev–Trinajstić information content (AvgIpc) is 2.61. The molecule has 0 bridgehead atoms. The van der Waals surface area contributed by atoms with Crippen LogP contribution >= 0.6 is 28.1 Å². The Morgan fingerprint density at radius 1 is 1.38 bits per heavy atom. The Hall–Kier alpha value is -1.20. The van der Waals surface area contributed by atoms with Crippen LogP contribution in [0.3, 0.4) is 0 Å². The summed E-state index contributed by atoms with van der Waals surface area (Å²) in [5.41, 5.74) is 8.36. The highest BCUT2D eigenvalue weighted by atomic mass is 79.9. The Balaban J connectivity index is 2.49. The summed E-state index contributed by atoms with van der Waals surface area (Å²) in [6.45, 7) is 1.95. The van der Waals surface area contributed by atoms with Crippen LogP contribution in [0.25, 0.3) is 5.69 Å². The minimum absolute atomic E-state index is 0.376. The van der Waals surface area contributed by atoms with Crippen LogP contribution in [0.1, 0.15) is 11.3 Å². The maximum absolute atomic E-state index is 5.60. The fraction of sp³-hybridized carbons (Fsp3) is 0.0909. The van der Waals surface area contributed by atoms with Crippen molar-refractivity contribution >= 4 is 33.1 Å². The maximum Gasteiger partial charge on any atom is 0.107 e. The first-order chi connectivity index (χ1) is 7.59. The van der Waals surface area contributed by atoms with Crippen LogP contribution in [0, 0.1) is 6.92 Å². The molecule has 0 aliphatic carbocycles. The second-order valence-electron chi connectivity index (χ2n) is 3.40. The fourth-order valence-corrected chi connectivity index (χ4v) is 1.96. The average molecular weight is 296 g/mol. The highest BCUT2D eigenvalue weighted by Crippen LogP contribution is 2.17. The molecule has 0 fully saturated rings. The van der Waals surface area contributed by atoms with Crippen molar-refractivity contribution in [1.29, 1.82) is 0 Å². The molecule has 0 unspecified atom stereocenters. The van der Waals surface area contributed by atoms with Crippen LogP contribution < -0.4 is 5.73 Å². The SMILES string of the molecule is Cc1c(C(N)=S)cnn1-c1ccc(Br)cc1. The number of nitrogens with zero attached hydrogens (tertiary/aromatic N) is 2. The summed E-state index contributed by atoms with van der Waals surface area (Å²) in [6.07, 6.45) is 1.69. The molecule has 1 aromatic heterocycles. The predicted molar refractivity (Wildman–Crippen MR) is 71.9 cm³/mol. The summed E-state index contributed by atoms with van der Waals surface area (Å²) < 4.78 is 2.86. The first kappa shape index (κ1) is 11.3. The van der Waals surface area contributed by atoms with E-state index < -0.39 is 0 Å². The standard InChI is InChI=1S/C11H10BrN3S/c1-7-10(11(13)16)6-14-15(7)9-4-2-8(12)3-5-9/h2-6H,1H3,(H2,13,16). The van der Waals surface area contributed by atoms with Crippen molar-refractivity contribution in [2.45, 2.75) is 6.92 Å². The van der Waals surface area contributed by atoms with Gasteiger partial charge in [-0.1, -0.05) is 28.1 Å². The van der Waals surface area contributed by atoms with Gasteiger partial charge in [-0.2, -0.15) is 5.10 Å². The van der Waals surface area contributed by atoms with Crippen LogP contribution in [-0.2, 0) is 0 Å². The molecule has 2 N–H and O–H groups in total. The lowest BCUT2D eigenvalue weighted by Gasteiger charge is -2.05. The van der Waals surface area contributed by atoms with Crippen molar-refractivity contribution < 1.29 is 0 Å². The van der Waals surface area contributed by atoms with E-state index in [-0.39, 0.29) is 0 Å². The topological polar surface area (TPSA) is 43.8 Å². The Kier molecular flexibility index (Phi) is 3.07. The van der Waals surface area contributed by atoms with Gasteiger partial charge in [0.1, 0.15) is 4.99 Å². The zero-order chi connectivity index (χ0) is 11.7. The van der Waals surface area contributed by atoms with Crippen molar-refractivity contribution in [3.8, 4) is 5.69 Å². The van der Waals surface area contributed by atoms with Crippen molar-refractivity contribution in [3.63, 3.8) is 0 Å². The van der Waals surface area contributed by atoms with E-state index in [1.807, 2.05) is 35.9 Å². The van der Waals surface area contributed by atoms with Gasteiger partial charge in [-0.3, -0.25) is 0 Å². The Labute approximate surface area is 107 Å². The van der Waals surface area contributed by atoms with Gasteiger partial charge < -0.3 is 5.73 Å². The molecule has 0 aliphatic rings. The molecule has 0 saturated heterocycles. The van der Waals surface area contributed by atoms with Gasteiger partial charge in [0.15, 0.2) is 0 Å². The van der Waals surface area contributed by atoms with E-state index in [1.165, 1.54) is 0 Å². The first-order valence-electron chi connectivity index (χ1n) is 4.70. The fourth-order valence-electron chi connectivity index (χ4n) is 1.49. The van der Waals surface area contributed by atoms with Crippen LogP contribution in [-0.4, -0.2) is 14.8 Å². The number of halogens is 1. The molecular weight excluding hydrogens is 286 g/mol. The Morgan fingerprint density at radius 2 is 2.00 bits per heavy atom. The third-order valence-electron chi connectivity index (χ3n) is 2.35. The molecule has 0 radical (unpaired) electrons. The summed E-state index contributed by atoms with van der Waals surface area (Å²) in [5.74, 6) is 0. The number of rotatable bonds is 2. The van der Waals surface area contributed by atoms with Gasteiger partial charge in [0.05, 0.1) is 23.1 Å². The molecule has 0 saturated carbocycles. The lowest BCUT2D eigenvalue weighted by Crippen LogP contribution is -2.10. The third kappa shape index (κ3) is 2.01. The van der Waals surface area contributed by atoms with E-state index in [1.54, 1.807) is 6.20 Å². The van der Waals surface area contributed by atoms with E-state index in [0.29, 0.717) is 4.99 Å². The van der Waals surface area contributed by atoms with Gasteiger partial charge in [0.25, 0.3) is 0 Å². The van der Waals surface area contributed by atoms with Crippen LogP contribution in [0.15, 0.2) is 34.9 Å². The minimum atomic E-state index is 0.376. The highest BCUT2D eigenvalue weighted by molar-refractivity contribution is 9.10. The number of nitrogens with two attached hydrogens (primary N) is 1. The largest absolute Gasteiger partial charge is 0.389 e. The van der Waals surface area contributed by atoms with Crippen molar-refractivity contribution in [2.24, 2.45) is 5.73 Å².